The minimum Gasteiger partial charge on any atom is -0.374 e. The average Bonchev–Trinajstić information content (AvgIpc) is 1.56. The number of hydrogen-bond donors (Lipinski definition) is 3. The van der Waals surface area contributed by atoms with Gasteiger partial charge in [-0.05, 0) is 100.0 Å². The van der Waals surface area contributed by atoms with Crippen molar-refractivity contribution >= 4 is 51.9 Å². The van der Waals surface area contributed by atoms with Crippen molar-refractivity contribution in [1.29, 1.82) is 0 Å². The molecule has 3 aromatic carbocycles. The second kappa shape index (κ2) is 29.6. The van der Waals surface area contributed by atoms with Crippen LogP contribution in [-0.2, 0) is 29.5 Å². The molecule has 0 saturated heterocycles. The standard InChI is InChI=1S/C43H49N12.C8H7Cl2.C8H8F.C7H5ClF.3Li/c1-9-41(10-2)37-27-52(31(8)55(37)40-33(48-41)17-14-22-46-40)28(5)24-43(12-4)36-26-51(30(7)54(36)39-34(50-43)18-15-21-45-39)23-19-42(11-3)35-25-47-29(6)53(35)38-32(49-42)16-13-20-44-38;1-2-6-5-7(9)3-4-8(6)10;1-2-7-5-3-4-6-8(7)9;1-5-2-3-6(8)4-7(5)9;;;/h13-18,20-23,25-28,48-50H,1-4,9-12,19,24H2,5-8H3;3-5H,1-2H2;3-6H,1-2H2;2-4H,1H2;;;/q-3;3*-1;3*+1. The van der Waals surface area contributed by atoms with Crippen LogP contribution < -0.4 is 81.7 Å². The van der Waals surface area contributed by atoms with Crippen molar-refractivity contribution in [3.8, 4) is 17.5 Å². The van der Waals surface area contributed by atoms with Crippen molar-refractivity contribution < 1.29 is 74.5 Å². The molecule has 9 heterocycles. The van der Waals surface area contributed by atoms with Gasteiger partial charge < -0.3 is 62.1 Å². The van der Waals surface area contributed by atoms with Crippen LogP contribution in [0.15, 0.2) is 134 Å². The Morgan fingerprint density at radius 2 is 1.08 bits per heavy atom. The van der Waals surface area contributed by atoms with Crippen LogP contribution in [0.1, 0.15) is 103 Å². The van der Waals surface area contributed by atoms with Crippen LogP contribution in [0.3, 0.4) is 0 Å². The first-order valence-electron chi connectivity index (χ1n) is 27.5. The summed E-state index contributed by atoms with van der Waals surface area (Å²) in [7, 11) is 0. The molecule has 3 atom stereocenters. The molecule has 3 aliphatic rings. The quantitative estimate of drug-likeness (QED) is 0.0796. The maximum Gasteiger partial charge on any atom is 1.00 e. The summed E-state index contributed by atoms with van der Waals surface area (Å²) in [5.74, 6) is 5.17. The molecule has 12 rings (SSSR count). The van der Waals surface area contributed by atoms with Gasteiger partial charge in [-0.25, -0.2) is 33.5 Å². The van der Waals surface area contributed by atoms with Crippen LogP contribution in [0.5, 0.6) is 0 Å². The van der Waals surface area contributed by atoms with Gasteiger partial charge in [0.1, 0.15) is 40.9 Å². The van der Waals surface area contributed by atoms with Gasteiger partial charge in [-0.2, -0.15) is 61.6 Å². The Morgan fingerprint density at radius 1 is 0.570 bits per heavy atom. The van der Waals surface area contributed by atoms with Gasteiger partial charge in [-0.3, -0.25) is 8.96 Å². The van der Waals surface area contributed by atoms with Gasteiger partial charge in [-0.1, -0.05) is 70.7 Å². The van der Waals surface area contributed by atoms with Crippen LogP contribution in [0, 0.1) is 87.4 Å². The molecule has 0 aliphatic carbocycles. The summed E-state index contributed by atoms with van der Waals surface area (Å²) >= 11 is 17.0. The third-order valence-corrected chi connectivity index (χ3v) is 16.7. The molecule has 9 aromatic rings. The molecule has 0 fully saturated rings. The number of pyridine rings is 3. The van der Waals surface area contributed by atoms with Crippen LogP contribution in [-0.4, -0.2) is 33.6 Å². The smallest absolute Gasteiger partial charge is 0.374 e. The predicted octanol–water partition coefficient (Wildman–Crippen LogP) is 5.90. The Kier molecular flexibility index (Phi) is 23.9. The minimum atomic E-state index is -0.515. The Bertz CT molecular complexity index is 3770. The van der Waals surface area contributed by atoms with Gasteiger partial charge in [0.25, 0.3) is 5.82 Å². The first-order chi connectivity index (χ1) is 39.9. The van der Waals surface area contributed by atoms with Gasteiger partial charge in [0.2, 0.25) is 11.6 Å². The van der Waals surface area contributed by atoms with Crippen molar-refractivity contribution in [2.24, 2.45) is 0 Å². The van der Waals surface area contributed by atoms with E-state index in [9.17, 15) is 8.78 Å². The summed E-state index contributed by atoms with van der Waals surface area (Å²) < 4.78 is 36.4. The number of rotatable bonds is 12. The maximum atomic E-state index is 12.5. The Hall–Kier alpha value is -5.60. The summed E-state index contributed by atoms with van der Waals surface area (Å²) in [4.78, 5) is 19.1. The fraction of sp³-hybridized carbons (Fsp3) is 0.242. The molecule has 434 valence electrons. The fourth-order valence-corrected chi connectivity index (χ4v) is 11.8. The number of anilines is 3. The number of aromatic nitrogens is 9. The van der Waals surface area contributed by atoms with E-state index in [4.69, 9.17) is 54.7 Å². The molecule has 0 spiro atoms. The zero-order valence-electron chi connectivity index (χ0n) is 50.4. The van der Waals surface area contributed by atoms with E-state index in [0.717, 1.165) is 86.1 Å². The van der Waals surface area contributed by atoms with Crippen LogP contribution in [0.25, 0.3) is 17.5 Å². The largest absolute Gasteiger partial charge is 1.00 e. The van der Waals surface area contributed by atoms with E-state index in [1.807, 2.05) is 62.0 Å². The SMILES string of the molecule is [CH2-]CC1(C[CH-][n+]2cc3n(c2C)-c2ncccc2NC3(C[CH2-])CC(C)[n+]2cc3n(c2C)-c2ncccc2NC3(C[CH2-])C[CH2-])Nc2cccnc2-n2c1cnc2C.[CH2-]Cc1cc(Cl)ccc1Cl.[CH2-]Cc1ccccc1F.[CH2-]c1ccc(Cl)cc1F.[Li+].[Li+].[Li+]. The summed E-state index contributed by atoms with van der Waals surface area (Å²) in [6.45, 7) is 39.4. The van der Waals surface area contributed by atoms with Crippen LogP contribution in [0.2, 0.25) is 15.1 Å². The molecular formula is C66H69Cl3F2Li3N12-3. The molecule has 0 amide bonds. The topological polar surface area (TPSA) is 110 Å². The first-order valence-corrected chi connectivity index (χ1v) is 28.6. The van der Waals surface area contributed by atoms with Crippen LogP contribution >= 0.6 is 34.8 Å². The Balaban J connectivity index is 0.000000312. The normalized spacial score (nSPS) is 16.2. The van der Waals surface area contributed by atoms with Crippen molar-refractivity contribution in [2.75, 3.05) is 16.0 Å². The van der Waals surface area contributed by atoms with Gasteiger partial charge in [0.05, 0.1) is 23.1 Å². The third kappa shape index (κ3) is 13.7. The van der Waals surface area contributed by atoms with E-state index >= 15 is 0 Å². The summed E-state index contributed by atoms with van der Waals surface area (Å²) in [5.41, 5.74) is 6.87. The van der Waals surface area contributed by atoms with Gasteiger partial charge in [0.15, 0.2) is 17.3 Å². The summed E-state index contributed by atoms with van der Waals surface area (Å²) in [6.07, 6.45) is 17.2. The van der Waals surface area contributed by atoms with E-state index < -0.39 is 16.6 Å². The summed E-state index contributed by atoms with van der Waals surface area (Å²) in [6, 6.07) is 28.7. The zero-order valence-corrected chi connectivity index (χ0v) is 52.6. The monoisotopic (exact) mass is 1190 g/mol. The average molecular weight is 1200 g/mol. The number of aryl methyl sites for hydroxylation is 1. The van der Waals surface area contributed by atoms with Crippen molar-refractivity contribution in [3.63, 3.8) is 0 Å². The van der Waals surface area contributed by atoms with Crippen LogP contribution in [0.4, 0.5) is 25.8 Å². The van der Waals surface area contributed by atoms with Gasteiger partial charge in [-0.15, -0.1) is 0 Å². The number of benzene rings is 3. The third-order valence-electron chi connectivity index (χ3n) is 15.9. The number of fused-ring (bicyclic) bond motifs is 9. The van der Waals surface area contributed by atoms with E-state index in [1.54, 1.807) is 30.3 Å². The molecule has 12 nitrogen and oxygen atoms in total. The van der Waals surface area contributed by atoms with Gasteiger partial charge >= 0.3 is 56.6 Å². The molecule has 3 unspecified atom stereocenters. The predicted molar refractivity (Wildman–Crippen MR) is 329 cm³/mol. The maximum absolute atomic E-state index is 12.5. The van der Waals surface area contributed by atoms with Crippen molar-refractivity contribution in [3.05, 3.63) is 267 Å². The molecule has 86 heavy (non-hydrogen) atoms. The number of imidazole rings is 3. The second-order valence-corrected chi connectivity index (χ2v) is 22.2. The Morgan fingerprint density at radius 3 is 1.60 bits per heavy atom. The number of halogens is 5. The molecule has 0 bridgehead atoms. The second-order valence-electron chi connectivity index (χ2n) is 20.9. The molecule has 0 saturated carbocycles. The summed E-state index contributed by atoms with van der Waals surface area (Å²) in [5, 5.41) is 13.4. The zero-order chi connectivity index (χ0) is 59.4. The van der Waals surface area contributed by atoms with E-state index in [1.165, 1.54) is 18.2 Å². The van der Waals surface area contributed by atoms with Gasteiger partial charge in [0, 0.05) is 70.1 Å². The molecule has 3 N–H and O–H groups in total. The van der Waals surface area contributed by atoms with E-state index in [-0.39, 0.29) is 74.3 Å². The number of nitrogens with one attached hydrogen (secondary N) is 3. The van der Waals surface area contributed by atoms with E-state index in [0.29, 0.717) is 66.1 Å². The van der Waals surface area contributed by atoms with E-state index in [2.05, 4.69) is 145 Å². The molecule has 20 heteroatoms. The minimum absolute atomic E-state index is 0. The molecule has 6 aromatic heterocycles. The molecular weight excluding hydrogens is 1130 g/mol. The van der Waals surface area contributed by atoms with Crippen molar-refractivity contribution in [2.45, 2.75) is 102 Å². The van der Waals surface area contributed by atoms with Crippen molar-refractivity contribution in [1.82, 2.24) is 33.6 Å². The number of hydrogen-bond acceptors (Lipinski definition) is 7. The molecule has 3 aliphatic heterocycles. The fourth-order valence-electron chi connectivity index (χ4n) is 11.2. The molecule has 0 radical (unpaired) electrons. The first kappa shape index (κ1) is 69.5. The Labute approximate surface area is 557 Å². The number of nitrogens with zero attached hydrogens (tertiary/aromatic N) is 9.